The average Bonchev–Trinajstić information content (AvgIpc) is 2.36. The lowest BCUT2D eigenvalue weighted by Gasteiger charge is -2.38. The fourth-order valence-electron chi connectivity index (χ4n) is 1.78. The van der Waals surface area contributed by atoms with Gasteiger partial charge in [-0.3, -0.25) is 4.79 Å². The summed E-state index contributed by atoms with van der Waals surface area (Å²) in [6, 6.07) is 7.07. The number of hydrogen-bond acceptors (Lipinski definition) is 5. The molecule has 1 amide bonds. The molecule has 18 heavy (non-hydrogen) atoms. The molecule has 8 heteroatoms. The first-order chi connectivity index (χ1) is 8.63. The van der Waals surface area contributed by atoms with E-state index in [-0.39, 0.29) is 16.2 Å². The lowest BCUT2D eigenvalue weighted by molar-refractivity contribution is 0.0937. The van der Waals surface area contributed by atoms with Crippen LogP contribution in [0, 0.1) is 0 Å². The fraction of sp³-hybridized carbons (Fsp3) is 0.100. The molecule has 0 saturated carbocycles. The maximum absolute atomic E-state index is 12.1. The van der Waals surface area contributed by atoms with Gasteiger partial charge in [0.15, 0.2) is 10.3 Å². The third kappa shape index (κ3) is 1.60. The van der Waals surface area contributed by atoms with Crippen LogP contribution in [0.15, 0.2) is 33.1 Å². The summed E-state index contributed by atoms with van der Waals surface area (Å²) in [5.74, 6) is -0.280. The molecule has 2 heterocycles. The zero-order chi connectivity index (χ0) is 12.8. The van der Waals surface area contributed by atoms with E-state index in [2.05, 4.69) is 19.4 Å². The molecule has 0 aliphatic carbocycles. The second-order valence-electron chi connectivity index (χ2n) is 3.72. The molecule has 0 radical (unpaired) electrons. The standard InChI is InChI=1S/C10H6Cl2N4OS/c11-8-10(9(12)16-18-15-8)13-6-4-2-1-3-5(6)7(17)14-10/h1-4,13H,(H,14,17). The van der Waals surface area contributed by atoms with Gasteiger partial charge in [0.1, 0.15) is 12.1 Å². The largest absolute Gasteiger partial charge is 0.350 e. The Morgan fingerprint density at radius 2 is 1.78 bits per heavy atom. The van der Waals surface area contributed by atoms with Crippen LogP contribution in [-0.2, 0) is 0 Å². The molecule has 0 atom stereocenters. The smallest absolute Gasteiger partial charge is 0.255 e. The fourth-order valence-corrected chi connectivity index (χ4v) is 2.84. The molecule has 5 nitrogen and oxygen atoms in total. The number of fused-ring (bicyclic) bond motifs is 1. The Balaban J connectivity index is 2.13. The topological polar surface area (TPSA) is 65.8 Å². The van der Waals surface area contributed by atoms with E-state index in [1.165, 1.54) is 0 Å². The molecule has 0 unspecified atom stereocenters. The van der Waals surface area contributed by atoms with Gasteiger partial charge in [-0.25, -0.2) is 0 Å². The number of amides is 1. The molecule has 0 bridgehead atoms. The maximum Gasteiger partial charge on any atom is 0.255 e. The Morgan fingerprint density at radius 1 is 1.11 bits per heavy atom. The Labute approximate surface area is 117 Å². The van der Waals surface area contributed by atoms with Crippen molar-refractivity contribution in [1.29, 1.82) is 0 Å². The van der Waals surface area contributed by atoms with Crippen LogP contribution >= 0.6 is 35.3 Å². The van der Waals surface area contributed by atoms with Crippen LogP contribution in [0.5, 0.6) is 0 Å². The van der Waals surface area contributed by atoms with Crippen LogP contribution in [-0.4, -0.2) is 21.9 Å². The minimum atomic E-state index is -1.25. The number of halogens is 2. The van der Waals surface area contributed by atoms with Crippen molar-refractivity contribution >= 4 is 57.3 Å². The maximum atomic E-state index is 12.1. The van der Waals surface area contributed by atoms with Gasteiger partial charge in [-0.05, 0) is 12.1 Å². The first kappa shape index (κ1) is 11.8. The summed E-state index contributed by atoms with van der Waals surface area (Å²) >= 11 is 13.0. The summed E-state index contributed by atoms with van der Waals surface area (Å²) in [5, 5.41) is 6.04. The average molecular weight is 301 g/mol. The second kappa shape index (κ2) is 4.15. The Morgan fingerprint density at radius 3 is 2.50 bits per heavy atom. The first-order valence-electron chi connectivity index (χ1n) is 4.97. The predicted molar refractivity (Wildman–Crippen MR) is 74.4 cm³/mol. The molecule has 2 N–H and O–H groups in total. The Bertz CT molecular complexity index is 583. The van der Waals surface area contributed by atoms with Crippen molar-refractivity contribution in [1.82, 2.24) is 5.32 Å². The molecule has 1 aromatic carbocycles. The molecule has 0 saturated heterocycles. The van der Waals surface area contributed by atoms with Crippen LogP contribution < -0.4 is 10.6 Å². The summed E-state index contributed by atoms with van der Waals surface area (Å²) < 4.78 is 7.83. The van der Waals surface area contributed by atoms with Crippen molar-refractivity contribution in [3.8, 4) is 0 Å². The van der Waals surface area contributed by atoms with Crippen LogP contribution in [0.1, 0.15) is 10.4 Å². The SMILES string of the molecule is O=C1NC2(Nc3ccccc31)C(Cl)=NSN=C2Cl. The van der Waals surface area contributed by atoms with Crippen molar-refractivity contribution in [2.45, 2.75) is 5.66 Å². The van der Waals surface area contributed by atoms with Crippen molar-refractivity contribution < 1.29 is 4.79 Å². The van der Waals surface area contributed by atoms with Gasteiger partial charge in [-0.15, -0.1) is 0 Å². The van der Waals surface area contributed by atoms with E-state index in [0.717, 1.165) is 12.1 Å². The summed E-state index contributed by atoms with van der Waals surface area (Å²) in [6.07, 6.45) is 0. The van der Waals surface area contributed by atoms with Gasteiger partial charge < -0.3 is 10.6 Å². The molecule has 2 aliphatic rings. The monoisotopic (exact) mass is 300 g/mol. The van der Waals surface area contributed by atoms with E-state index in [1.807, 2.05) is 6.07 Å². The molecule has 0 aromatic heterocycles. The number of para-hydroxylation sites is 1. The highest BCUT2D eigenvalue weighted by Crippen LogP contribution is 2.32. The lowest BCUT2D eigenvalue weighted by Crippen LogP contribution is -2.65. The second-order valence-corrected chi connectivity index (χ2v) is 4.97. The van der Waals surface area contributed by atoms with Crippen LogP contribution in [0.2, 0.25) is 0 Å². The summed E-state index contributed by atoms with van der Waals surface area (Å²) in [4.78, 5) is 12.1. The number of rotatable bonds is 0. The number of carbonyl (C=O) groups excluding carboxylic acids is 1. The Hall–Kier alpha value is -1.24. The third-order valence-electron chi connectivity index (χ3n) is 2.66. The molecule has 0 fully saturated rings. The molecular weight excluding hydrogens is 295 g/mol. The normalized spacial score (nSPS) is 20.4. The van der Waals surface area contributed by atoms with E-state index in [1.54, 1.807) is 18.2 Å². The van der Waals surface area contributed by atoms with Gasteiger partial charge in [0.2, 0.25) is 5.66 Å². The predicted octanol–water partition coefficient (Wildman–Crippen LogP) is 2.39. The number of carbonyl (C=O) groups is 1. The minimum absolute atomic E-state index is 0.135. The number of benzene rings is 1. The highest BCUT2D eigenvalue weighted by molar-refractivity contribution is 7.97. The van der Waals surface area contributed by atoms with Gasteiger partial charge in [0.25, 0.3) is 5.91 Å². The van der Waals surface area contributed by atoms with E-state index in [9.17, 15) is 4.79 Å². The zero-order valence-electron chi connectivity index (χ0n) is 8.78. The van der Waals surface area contributed by atoms with Gasteiger partial charge in [-0.2, -0.15) is 8.80 Å². The van der Waals surface area contributed by atoms with Crippen molar-refractivity contribution in [3.63, 3.8) is 0 Å². The summed E-state index contributed by atoms with van der Waals surface area (Å²) in [7, 11) is 0. The minimum Gasteiger partial charge on any atom is -0.350 e. The number of nitrogens with one attached hydrogen (secondary N) is 2. The van der Waals surface area contributed by atoms with Crippen molar-refractivity contribution in [2.24, 2.45) is 8.80 Å². The van der Waals surface area contributed by atoms with E-state index in [4.69, 9.17) is 23.2 Å². The number of nitrogens with zero attached hydrogens (tertiary/aromatic N) is 2. The molecule has 3 rings (SSSR count). The quantitative estimate of drug-likeness (QED) is 0.723. The van der Waals surface area contributed by atoms with E-state index < -0.39 is 5.66 Å². The lowest BCUT2D eigenvalue weighted by atomic mass is 10.0. The van der Waals surface area contributed by atoms with Gasteiger partial charge in [0.05, 0.1) is 5.56 Å². The van der Waals surface area contributed by atoms with E-state index in [0.29, 0.717) is 11.3 Å². The van der Waals surface area contributed by atoms with Crippen molar-refractivity contribution in [3.05, 3.63) is 29.8 Å². The molecule has 2 aliphatic heterocycles. The highest BCUT2D eigenvalue weighted by Gasteiger charge is 2.47. The summed E-state index contributed by atoms with van der Waals surface area (Å²) in [6.45, 7) is 0. The molecule has 1 spiro atoms. The highest BCUT2D eigenvalue weighted by atomic mass is 35.5. The van der Waals surface area contributed by atoms with Gasteiger partial charge in [-0.1, -0.05) is 35.3 Å². The van der Waals surface area contributed by atoms with Gasteiger partial charge in [0, 0.05) is 5.69 Å². The Kier molecular flexibility index (Phi) is 2.73. The summed E-state index contributed by atoms with van der Waals surface area (Å²) in [5.41, 5.74) is -0.0927. The third-order valence-corrected chi connectivity index (χ3v) is 4.12. The van der Waals surface area contributed by atoms with Crippen LogP contribution in [0.4, 0.5) is 5.69 Å². The molecule has 92 valence electrons. The molecule has 1 aromatic rings. The first-order valence-corrected chi connectivity index (χ1v) is 6.46. The number of anilines is 1. The van der Waals surface area contributed by atoms with Crippen LogP contribution in [0.25, 0.3) is 0 Å². The van der Waals surface area contributed by atoms with Gasteiger partial charge >= 0.3 is 0 Å². The van der Waals surface area contributed by atoms with E-state index >= 15 is 0 Å². The zero-order valence-corrected chi connectivity index (χ0v) is 11.1. The van der Waals surface area contributed by atoms with Crippen molar-refractivity contribution in [2.75, 3.05) is 5.32 Å². The molecular formula is C10H6Cl2N4OS. The van der Waals surface area contributed by atoms with Crippen LogP contribution in [0.3, 0.4) is 0 Å². The number of hydrogen-bond donors (Lipinski definition) is 2.